The van der Waals surface area contributed by atoms with E-state index in [-0.39, 0.29) is 0 Å². The summed E-state index contributed by atoms with van der Waals surface area (Å²) in [6, 6.07) is 0. The van der Waals surface area contributed by atoms with Crippen molar-refractivity contribution < 1.29 is 4.42 Å². The normalized spacial score (nSPS) is 17.7. The molecule has 0 atom stereocenters. The van der Waals surface area contributed by atoms with Crippen LogP contribution in [0.1, 0.15) is 24.7 Å². The molecule has 1 aromatic heterocycles. The van der Waals surface area contributed by atoms with Crippen molar-refractivity contribution in [3.8, 4) is 0 Å². The Balaban J connectivity index is 2.19. The topological polar surface area (TPSA) is 38.9 Å². The van der Waals surface area contributed by atoms with Gasteiger partial charge in [-0.2, -0.15) is 0 Å². The molecule has 0 bridgehead atoms. The molecule has 54 valence electrons. The van der Waals surface area contributed by atoms with E-state index in [4.69, 9.17) is 4.42 Å². The molecule has 1 aromatic rings. The highest BCUT2D eigenvalue weighted by atomic mass is 32.2. The van der Waals surface area contributed by atoms with Crippen LogP contribution in [0.2, 0.25) is 0 Å². The fraction of sp³-hybridized carbons (Fsp3) is 0.667. The third-order valence-electron chi connectivity index (χ3n) is 1.52. The largest absolute Gasteiger partial charge is 0.416 e. The van der Waals surface area contributed by atoms with E-state index in [1.807, 2.05) is 6.26 Å². The maximum atomic E-state index is 5.30. The number of hydrogen-bond acceptors (Lipinski definition) is 4. The highest BCUT2D eigenvalue weighted by Gasteiger charge is 2.29. The molecule has 0 aliphatic heterocycles. The van der Waals surface area contributed by atoms with Gasteiger partial charge in [0.1, 0.15) is 0 Å². The van der Waals surface area contributed by atoms with Crippen LogP contribution in [0.4, 0.5) is 0 Å². The molecule has 0 radical (unpaired) electrons. The van der Waals surface area contributed by atoms with Gasteiger partial charge in [0.2, 0.25) is 5.89 Å². The summed E-state index contributed by atoms with van der Waals surface area (Å²) in [5, 5.41) is 8.44. The lowest BCUT2D eigenvalue weighted by molar-refractivity contribution is 0.415. The maximum Gasteiger partial charge on any atom is 0.276 e. The predicted octanol–water partition coefficient (Wildman–Crippen LogP) is 1.67. The predicted molar refractivity (Wildman–Crippen MR) is 38.1 cm³/mol. The van der Waals surface area contributed by atoms with Gasteiger partial charge < -0.3 is 4.42 Å². The van der Waals surface area contributed by atoms with Gasteiger partial charge in [0.25, 0.3) is 5.22 Å². The summed E-state index contributed by atoms with van der Waals surface area (Å²) >= 11 is 1.49. The Morgan fingerprint density at radius 1 is 1.50 bits per heavy atom. The van der Waals surface area contributed by atoms with Crippen molar-refractivity contribution >= 4 is 11.8 Å². The Morgan fingerprint density at radius 3 is 2.80 bits per heavy atom. The Kier molecular flexibility index (Phi) is 1.41. The number of rotatable bonds is 2. The van der Waals surface area contributed by atoms with Gasteiger partial charge in [0.05, 0.1) is 0 Å². The van der Waals surface area contributed by atoms with Crippen LogP contribution in [0.5, 0.6) is 0 Å². The smallest absolute Gasteiger partial charge is 0.276 e. The Bertz CT molecular complexity index is 231. The molecule has 10 heavy (non-hydrogen) atoms. The van der Waals surface area contributed by atoms with Crippen LogP contribution in [0.15, 0.2) is 9.64 Å². The summed E-state index contributed by atoms with van der Waals surface area (Å²) in [6.07, 6.45) is 4.37. The van der Waals surface area contributed by atoms with Crippen molar-refractivity contribution in [2.75, 3.05) is 6.26 Å². The van der Waals surface area contributed by atoms with Crippen molar-refractivity contribution in [1.29, 1.82) is 0 Å². The van der Waals surface area contributed by atoms with E-state index in [1.54, 1.807) is 0 Å². The molecule has 1 saturated carbocycles. The summed E-state index contributed by atoms with van der Waals surface area (Å²) < 4.78 is 5.30. The van der Waals surface area contributed by atoms with Crippen molar-refractivity contribution in [3.05, 3.63) is 5.89 Å². The first kappa shape index (κ1) is 6.22. The van der Waals surface area contributed by atoms with Gasteiger partial charge in [-0.25, -0.2) is 0 Å². The lowest BCUT2D eigenvalue weighted by Gasteiger charge is -1.82. The monoisotopic (exact) mass is 156 g/mol. The molecule has 1 aliphatic carbocycles. The van der Waals surface area contributed by atoms with Gasteiger partial charge in [0.15, 0.2) is 0 Å². The van der Waals surface area contributed by atoms with Crippen molar-refractivity contribution in [3.63, 3.8) is 0 Å². The average molecular weight is 156 g/mol. The van der Waals surface area contributed by atoms with Crippen LogP contribution < -0.4 is 0 Å². The lowest BCUT2D eigenvalue weighted by Crippen LogP contribution is -1.75. The molecule has 2 rings (SSSR count). The standard InChI is InChI=1S/C6H8N2OS/c1-10-6-8-7-5(9-6)4-2-3-4/h4H,2-3H2,1H3. The summed E-state index contributed by atoms with van der Waals surface area (Å²) in [7, 11) is 0. The minimum atomic E-state index is 0.577. The molecule has 0 amide bonds. The van der Waals surface area contributed by atoms with Gasteiger partial charge in [0, 0.05) is 5.92 Å². The first-order valence-electron chi connectivity index (χ1n) is 3.27. The number of nitrogens with zero attached hydrogens (tertiary/aromatic N) is 2. The third-order valence-corrected chi connectivity index (χ3v) is 2.04. The van der Waals surface area contributed by atoms with E-state index >= 15 is 0 Å². The molecule has 0 spiro atoms. The van der Waals surface area contributed by atoms with E-state index in [9.17, 15) is 0 Å². The lowest BCUT2D eigenvalue weighted by atomic mass is 10.4. The maximum absolute atomic E-state index is 5.30. The van der Waals surface area contributed by atoms with E-state index in [2.05, 4.69) is 10.2 Å². The van der Waals surface area contributed by atoms with E-state index < -0.39 is 0 Å². The van der Waals surface area contributed by atoms with E-state index in [0.717, 1.165) is 5.89 Å². The highest BCUT2D eigenvalue weighted by Crippen LogP contribution is 2.39. The number of aromatic nitrogens is 2. The zero-order valence-corrected chi connectivity index (χ0v) is 6.52. The minimum Gasteiger partial charge on any atom is -0.416 e. The van der Waals surface area contributed by atoms with Gasteiger partial charge in [-0.1, -0.05) is 11.8 Å². The highest BCUT2D eigenvalue weighted by molar-refractivity contribution is 7.98. The Hall–Kier alpha value is -0.510. The van der Waals surface area contributed by atoms with Gasteiger partial charge in [-0.15, -0.1) is 10.2 Å². The second kappa shape index (κ2) is 2.27. The summed E-state index contributed by atoms with van der Waals surface area (Å²) in [5.74, 6) is 1.40. The zero-order chi connectivity index (χ0) is 6.97. The minimum absolute atomic E-state index is 0.577. The fourth-order valence-corrected chi connectivity index (χ4v) is 1.09. The fourth-order valence-electron chi connectivity index (χ4n) is 0.798. The van der Waals surface area contributed by atoms with Gasteiger partial charge >= 0.3 is 0 Å². The van der Waals surface area contributed by atoms with Crippen LogP contribution in [-0.4, -0.2) is 16.5 Å². The Labute approximate surface area is 63.2 Å². The number of hydrogen-bond donors (Lipinski definition) is 0. The average Bonchev–Trinajstić information content (AvgIpc) is 2.70. The van der Waals surface area contributed by atoms with Crippen molar-refractivity contribution in [2.45, 2.75) is 24.0 Å². The van der Waals surface area contributed by atoms with Gasteiger partial charge in [-0.3, -0.25) is 0 Å². The second-order valence-corrected chi connectivity index (χ2v) is 3.14. The van der Waals surface area contributed by atoms with E-state index in [0.29, 0.717) is 11.1 Å². The zero-order valence-electron chi connectivity index (χ0n) is 5.70. The molecule has 0 unspecified atom stereocenters. The molecule has 1 heterocycles. The van der Waals surface area contributed by atoms with Crippen molar-refractivity contribution in [2.24, 2.45) is 0 Å². The van der Waals surface area contributed by atoms with Crippen molar-refractivity contribution in [1.82, 2.24) is 10.2 Å². The molecule has 3 nitrogen and oxygen atoms in total. The molecule has 4 heteroatoms. The Morgan fingerprint density at radius 2 is 2.30 bits per heavy atom. The van der Waals surface area contributed by atoms with Crippen LogP contribution in [-0.2, 0) is 0 Å². The molecular weight excluding hydrogens is 148 g/mol. The molecule has 0 saturated heterocycles. The third kappa shape index (κ3) is 1.03. The first-order valence-corrected chi connectivity index (χ1v) is 4.50. The van der Waals surface area contributed by atoms with Crippen LogP contribution in [0.25, 0.3) is 0 Å². The quantitative estimate of drug-likeness (QED) is 0.610. The van der Waals surface area contributed by atoms with Crippen LogP contribution in [0, 0.1) is 0 Å². The summed E-state index contributed by atoms with van der Waals surface area (Å²) in [4.78, 5) is 0. The molecule has 0 aromatic carbocycles. The first-order chi connectivity index (χ1) is 4.90. The second-order valence-electron chi connectivity index (χ2n) is 2.38. The van der Waals surface area contributed by atoms with Gasteiger partial charge in [-0.05, 0) is 19.1 Å². The molecule has 0 N–H and O–H groups in total. The molecule has 1 aliphatic rings. The SMILES string of the molecule is CSc1nnc(C2CC2)o1. The summed E-state index contributed by atoms with van der Waals surface area (Å²) in [5.41, 5.74) is 0. The molecular formula is C6H8N2OS. The number of thioether (sulfide) groups is 1. The van der Waals surface area contributed by atoms with Crippen LogP contribution >= 0.6 is 11.8 Å². The summed E-state index contributed by atoms with van der Waals surface area (Å²) in [6.45, 7) is 0. The van der Waals surface area contributed by atoms with Crippen LogP contribution in [0.3, 0.4) is 0 Å². The molecule has 1 fully saturated rings. The van der Waals surface area contributed by atoms with E-state index in [1.165, 1.54) is 24.6 Å².